The number of nitrogens with one attached hydrogen (secondary N) is 1. The van der Waals surface area contributed by atoms with E-state index in [1.54, 1.807) is 7.11 Å². The molecular formula is C21H26N2O4. The summed E-state index contributed by atoms with van der Waals surface area (Å²) in [6, 6.07) is 11.6. The number of benzene rings is 2. The lowest BCUT2D eigenvalue weighted by atomic mass is 10.1. The molecule has 0 unspecified atom stereocenters. The van der Waals surface area contributed by atoms with E-state index in [2.05, 4.69) is 16.3 Å². The van der Waals surface area contributed by atoms with Gasteiger partial charge in [0.2, 0.25) is 0 Å². The zero-order valence-corrected chi connectivity index (χ0v) is 16.1. The van der Waals surface area contributed by atoms with Crippen molar-refractivity contribution < 1.29 is 19.0 Å². The first kappa shape index (κ1) is 19.0. The zero-order valence-electron chi connectivity index (χ0n) is 16.1. The maximum atomic E-state index is 12.5. The molecule has 3 rings (SSSR count). The molecule has 27 heavy (non-hydrogen) atoms. The number of morpholine rings is 1. The third kappa shape index (κ3) is 5.14. The van der Waals surface area contributed by atoms with Gasteiger partial charge in [-0.15, -0.1) is 0 Å². The number of aryl methyl sites for hydroxylation is 2. The Morgan fingerprint density at radius 3 is 2.44 bits per heavy atom. The number of carbonyl (C=O) groups is 1. The van der Waals surface area contributed by atoms with Crippen molar-refractivity contribution >= 4 is 17.3 Å². The molecule has 1 aliphatic heterocycles. The first-order valence-electron chi connectivity index (χ1n) is 9.07. The molecule has 1 fully saturated rings. The highest BCUT2D eigenvalue weighted by Gasteiger charge is 2.17. The van der Waals surface area contributed by atoms with Crippen molar-refractivity contribution in [2.75, 3.05) is 50.2 Å². The lowest BCUT2D eigenvalue weighted by Gasteiger charge is -2.30. The second-order valence-electron chi connectivity index (χ2n) is 6.64. The summed E-state index contributed by atoms with van der Waals surface area (Å²) in [7, 11) is 1.61. The molecule has 0 atom stereocenters. The minimum absolute atomic E-state index is 0.0529. The van der Waals surface area contributed by atoms with E-state index in [1.807, 2.05) is 44.2 Å². The van der Waals surface area contributed by atoms with E-state index in [0.717, 1.165) is 29.9 Å². The van der Waals surface area contributed by atoms with Crippen molar-refractivity contribution in [3.63, 3.8) is 0 Å². The van der Waals surface area contributed by atoms with E-state index in [1.165, 1.54) is 0 Å². The Hall–Kier alpha value is -2.73. The Bertz CT molecular complexity index is 781. The van der Waals surface area contributed by atoms with Crippen molar-refractivity contribution in [3.8, 4) is 11.5 Å². The Labute approximate surface area is 160 Å². The largest absolute Gasteiger partial charge is 0.497 e. The van der Waals surface area contributed by atoms with Gasteiger partial charge in [-0.1, -0.05) is 6.07 Å². The third-order valence-electron chi connectivity index (χ3n) is 4.39. The lowest BCUT2D eigenvalue weighted by molar-refractivity contribution is -0.118. The number of nitrogens with zero attached hydrogens (tertiary/aromatic N) is 1. The molecule has 1 aliphatic rings. The van der Waals surface area contributed by atoms with E-state index in [-0.39, 0.29) is 12.5 Å². The maximum Gasteiger partial charge on any atom is 0.262 e. The molecule has 2 aromatic rings. The molecule has 0 aromatic heterocycles. The van der Waals surface area contributed by atoms with E-state index in [0.29, 0.717) is 30.4 Å². The maximum absolute atomic E-state index is 12.5. The van der Waals surface area contributed by atoms with Crippen LogP contribution in [0.4, 0.5) is 11.4 Å². The highest BCUT2D eigenvalue weighted by Crippen LogP contribution is 2.31. The van der Waals surface area contributed by atoms with Crippen molar-refractivity contribution in [1.82, 2.24) is 0 Å². The van der Waals surface area contributed by atoms with Crippen molar-refractivity contribution in [3.05, 3.63) is 47.5 Å². The molecule has 0 bridgehead atoms. The van der Waals surface area contributed by atoms with E-state index in [4.69, 9.17) is 14.2 Å². The molecule has 6 heteroatoms. The Kier molecular flexibility index (Phi) is 6.19. The predicted octanol–water partition coefficient (Wildman–Crippen LogP) is 3.17. The highest BCUT2D eigenvalue weighted by atomic mass is 16.5. The van der Waals surface area contributed by atoms with Crippen molar-refractivity contribution in [1.29, 1.82) is 0 Å². The minimum Gasteiger partial charge on any atom is -0.497 e. The van der Waals surface area contributed by atoms with Gasteiger partial charge in [0.1, 0.15) is 11.5 Å². The van der Waals surface area contributed by atoms with Crippen LogP contribution in [0.1, 0.15) is 11.1 Å². The van der Waals surface area contributed by atoms with Gasteiger partial charge >= 0.3 is 0 Å². The average Bonchev–Trinajstić information content (AvgIpc) is 2.66. The van der Waals surface area contributed by atoms with Gasteiger partial charge in [-0.3, -0.25) is 4.79 Å². The zero-order chi connectivity index (χ0) is 19.2. The first-order valence-corrected chi connectivity index (χ1v) is 9.07. The normalized spacial score (nSPS) is 14.0. The smallest absolute Gasteiger partial charge is 0.262 e. The summed E-state index contributed by atoms with van der Waals surface area (Å²) in [6.07, 6.45) is 0. The van der Waals surface area contributed by atoms with Gasteiger partial charge in [0, 0.05) is 19.2 Å². The average molecular weight is 370 g/mol. The second kappa shape index (κ2) is 8.77. The number of hydrogen-bond donors (Lipinski definition) is 1. The Morgan fingerprint density at radius 1 is 1.07 bits per heavy atom. The Balaban J connectivity index is 1.70. The highest BCUT2D eigenvalue weighted by molar-refractivity contribution is 5.95. The molecule has 1 N–H and O–H groups in total. The van der Waals surface area contributed by atoms with Gasteiger partial charge in [-0.05, 0) is 49.2 Å². The van der Waals surface area contributed by atoms with Gasteiger partial charge in [0.15, 0.2) is 6.61 Å². The quantitative estimate of drug-likeness (QED) is 0.846. The molecular weight excluding hydrogens is 344 g/mol. The summed E-state index contributed by atoms with van der Waals surface area (Å²) in [4.78, 5) is 14.7. The van der Waals surface area contributed by atoms with Gasteiger partial charge in [0.05, 0.1) is 31.7 Å². The van der Waals surface area contributed by atoms with Crippen LogP contribution in [0.15, 0.2) is 36.4 Å². The summed E-state index contributed by atoms with van der Waals surface area (Å²) < 4.78 is 16.4. The standard InChI is InChI=1S/C21H26N2O4/c1-15-10-16(2)12-18(11-15)27-14-21(24)22-19-13-17(25-3)4-5-20(19)23-6-8-26-9-7-23/h4-5,10-13H,6-9,14H2,1-3H3,(H,22,24). The van der Waals surface area contributed by atoms with Crippen LogP contribution in [-0.4, -0.2) is 45.9 Å². The van der Waals surface area contributed by atoms with Crippen LogP contribution in [0, 0.1) is 13.8 Å². The number of carbonyl (C=O) groups excluding carboxylic acids is 1. The molecule has 0 radical (unpaired) electrons. The molecule has 1 saturated heterocycles. The number of ether oxygens (including phenoxy) is 3. The van der Waals surface area contributed by atoms with E-state index < -0.39 is 0 Å². The van der Waals surface area contributed by atoms with Crippen LogP contribution >= 0.6 is 0 Å². The minimum atomic E-state index is -0.211. The van der Waals surface area contributed by atoms with Crippen LogP contribution in [0.25, 0.3) is 0 Å². The number of anilines is 2. The summed E-state index contributed by atoms with van der Waals surface area (Å²) in [5.74, 6) is 1.18. The number of methoxy groups -OCH3 is 1. The molecule has 1 amide bonds. The van der Waals surface area contributed by atoms with Gasteiger partial charge in [0.25, 0.3) is 5.91 Å². The number of rotatable bonds is 6. The molecule has 6 nitrogen and oxygen atoms in total. The topological polar surface area (TPSA) is 60.0 Å². The summed E-state index contributed by atoms with van der Waals surface area (Å²) in [5.41, 5.74) is 3.88. The van der Waals surface area contributed by atoms with Crippen LogP contribution < -0.4 is 19.7 Å². The fraction of sp³-hybridized carbons (Fsp3) is 0.381. The second-order valence-corrected chi connectivity index (χ2v) is 6.64. The van der Waals surface area contributed by atoms with Crippen LogP contribution in [0.5, 0.6) is 11.5 Å². The molecule has 0 aliphatic carbocycles. The molecule has 0 spiro atoms. The number of hydrogen-bond acceptors (Lipinski definition) is 5. The van der Waals surface area contributed by atoms with Crippen LogP contribution in [0.3, 0.4) is 0 Å². The fourth-order valence-corrected chi connectivity index (χ4v) is 3.17. The van der Waals surface area contributed by atoms with E-state index >= 15 is 0 Å². The van der Waals surface area contributed by atoms with Crippen LogP contribution in [-0.2, 0) is 9.53 Å². The number of amides is 1. The fourth-order valence-electron chi connectivity index (χ4n) is 3.17. The Morgan fingerprint density at radius 2 is 1.78 bits per heavy atom. The predicted molar refractivity (Wildman–Crippen MR) is 106 cm³/mol. The van der Waals surface area contributed by atoms with Crippen molar-refractivity contribution in [2.24, 2.45) is 0 Å². The summed E-state index contributed by atoms with van der Waals surface area (Å²) >= 11 is 0. The van der Waals surface area contributed by atoms with Crippen molar-refractivity contribution in [2.45, 2.75) is 13.8 Å². The van der Waals surface area contributed by atoms with Gasteiger partial charge in [-0.2, -0.15) is 0 Å². The van der Waals surface area contributed by atoms with Gasteiger partial charge < -0.3 is 24.4 Å². The summed E-state index contributed by atoms with van der Waals surface area (Å²) in [6.45, 7) is 6.88. The molecule has 1 heterocycles. The molecule has 0 saturated carbocycles. The van der Waals surface area contributed by atoms with Gasteiger partial charge in [-0.25, -0.2) is 0 Å². The van der Waals surface area contributed by atoms with E-state index in [9.17, 15) is 4.79 Å². The molecule has 2 aromatic carbocycles. The SMILES string of the molecule is COc1ccc(N2CCOCC2)c(NC(=O)COc2cc(C)cc(C)c2)c1. The monoisotopic (exact) mass is 370 g/mol. The first-order chi connectivity index (χ1) is 13.0. The molecule has 144 valence electrons. The van der Waals surface area contributed by atoms with Crippen LogP contribution in [0.2, 0.25) is 0 Å². The lowest BCUT2D eigenvalue weighted by Crippen LogP contribution is -2.37. The third-order valence-corrected chi connectivity index (χ3v) is 4.39. The summed E-state index contributed by atoms with van der Waals surface area (Å²) in [5, 5.41) is 2.96.